The lowest BCUT2D eigenvalue weighted by Crippen LogP contribution is -2.43. The van der Waals surface area contributed by atoms with Gasteiger partial charge in [0, 0.05) is 23.6 Å². The molecule has 180 valence electrons. The van der Waals surface area contributed by atoms with Crippen molar-refractivity contribution in [3.63, 3.8) is 0 Å². The molecule has 2 N–H and O–H groups in total. The molecule has 0 spiro atoms. The third kappa shape index (κ3) is 4.61. The molecule has 7 nitrogen and oxygen atoms in total. The van der Waals surface area contributed by atoms with Crippen LogP contribution in [-0.4, -0.2) is 59.7 Å². The van der Waals surface area contributed by atoms with Crippen LogP contribution in [0.25, 0.3) is 10.9 Å². The molecule has 1 aliphatic heterocycles. The quantitative estimate of drug-likeness (QED) is 0.515. The van der Waals surface area contributed by atoms with Gasteiger partial charge in [-0.25, -0.2) is 13.6 Å². The standard InChI is InChI=1S/C25H26F2N2O5/c1-14-11-20(33-2)22(18-7-9-28-23(14)18)24(30)29-10-8-17(34-13-21(26)27)12-19(29)15-3-5-16(6-4-15)25(31)32/h3-7,9,11,17,19,21,28H,8,10,12-13H2,1-2H3,(H,31,32)/t17-,19+/m1/s1. The van der Waals surface area contributed by atoms with E-state index in [2.05, 4.69) is 4.98 Å². The number of nitrogens with one attached hydrogen (secondary N) is 1. The van der Waals surface area contributed by atoms with Gasteiger partial charge in [0.25, 0.3) is 12.3 Å². The van der Waals surface area contributed by atoms with Gasteiger partial charge in [-0.3, -0.25) is 4.79 Å². The molecule has 0 aliphatic carbocycles. The number of carbonyl (C=O) groups is 2. The molecule has 3 aromatic rings. The molecule has 4 rings (SSSR count). The Morgan fingerprint density at radius 3 is 2.62 bits per heavy atom. The van der Waals surface area contributed by atoms with Gasteiger partial charge >= 0.3 is 5.97 Å². The van der Waals surface area contributed by atoms with Gasteiger partial charge < -0.3 is 24.5 Å². The van der Waals surface area contributed by atoms with E-state index in [9.17, 15) is 23.5 Å². The Kier molecular flexibility index (Phi) is 6.83. The molecular weight excluding hydrogens is 446 g/mol. The molecular formula is C25H26F2N2O5. The maximum atomic E-state index is 13.9. The number of alkyl halides is 2. The van der Waals surface area contributed by atoms with Crippen molar-refractivity contribution in [1.29, 1.82) is 0 Å². The van der Waals surface area contributed by atoms with Crippen molar-refractivity contribution in [3.05, 3.63) is 64.8 Å². The van der Waals surface area contributed by atoms with Crippen LogP contribution in [0.5, 0.6) is 5.75 Å². The number of benzene rings is 2. The number of H-pyrrole nitrogens is 1. The second kappa shape index (κ2) is 9.80. The summed E-state index contributed by atoms with van der Waals surface area (Å²) in [6.07, 6.45) is -0.538. The van der Waals surface area contributed by atoms with E-state index >= 15 is 0 Å². The van der Waals surface area contributed by atoms with E-state index in [1.165, 1.54) is 19.2 Å². The maximum absolute atomic E-state index is 13.9. The SMILES string of the molecule is COc1cc(C)c2[nH]ccc2c1C(=O)N1CC[C@@H](OCC(F)F)C[C@H]1c1ccc(C(=O)O)cc1. The van der Waals surface area contributed by atoms with Gasteiger partial charge in [0.05, 0.1) is 30.4 Å². The topological polar surface area (TPSA) is 91.9 Å². The Bertz CT molecular complexity index is 1190. The summed E-state index contributed by atoms with van der Waals surface area (Å²) in [6, 6.07) is 9.41. The van der Waals surface area contributed by atoms with E-state index in [0.717, 1.165) is 16.5 Å². The first kappa shape index (κ1) is 23.7. The molecule has 2 atom stereocenters. The first-order valence-corrected chi connectivity index (χ1v) is 11.0. The van der Waals surface area contributed by atoms with Crippen LogP contribution in [0.2, 0.25) is 0 Å². The fraction of sp³-hybridized carbons (Fsp3) is 0.360. The van der Waals surface area contributed by atoms with E-state index < -0.39 is 31.1 Å². The van der Waals surface area contributed by atoms with Gasteiger partial charge in [-0.05, 0) is 55.2 Å². The van der Waals surface area contributed by atoms with Crippen LogP contribution in [0.3, 0.4) is 0 Å². The number of carbonyl (C=O) groups excluding carboxylic acids is 1. The van der Waals surface area contributed by atoms with Crippen molar-refractivity contribution in [3.8, 4) is 5.75 Å². The smallest absolute Gasteiger partial charge is 0.335 e. The lowest BCUT2D eigenvalue weighted by molar-refractivity contribution is -0.0546. The summed E-state index contributed by atoms with van der Waals surface area (Å²) in [7, 11) is 1.51. The number of aromatic carboxylic acids is 1. The summed E-state index contributed by atoms with van der Waals surface area (Å²) in [5.74, 6) is -0.854. The summed E-state index contributed by atoms with van der Waals surface area (Å²) in [5.41, 5.74) is 3.02. The highest BCUT2D eigenvalue weighted by atomic mass is 19.3. The molecule has 0 unspecified atom stereocenters. The number of piperidine rings is 1. The van der Waals surface area contributed by atoms with Crippen molar-refractivity contribution < 1.29 is 33.0 Å². The summed E-state index contributed by atoms with van der Waals surface area (Å²) >= 11 is 0. The second-order valence-electron chi connectivity index (χ2n) is 8.35. The van der Waals surface area contributed by atoms with E-state index in [-0.39, 0.29) is 11.5 Å². The predicted octanol–water partition coefficient (Wildman–Crippen LogP) is 4.81. The average Bonchev–Trinajstić information content (AvgIpc) is 3.32. The number of hydrogen-bond acceptors (Lipinski definition) is 4. The number of likely N-dealkylation sites (tertiary alicyclic amines) is 1. The van der Waals surface area contributed by atoms with Crippen LogP contribution >= 0.6 is 0 Å². The van der Waals surface area contributed by atoms with Crippen LogP contribution in [0.4, 0.5) is 8.78 Å². The van der Waals surface area contributed by atoms with E-state index in [1.807, 2.05) is 13.0 Å². The van der Waals surface area contributed by atoms with Crippen molar-refractivity contribution in [2.45, 2.75) is 38.3 Å². The van der Waals surface area contributed by atoms with Crippen molar-refractivity contribution in [2.75, 3.05) is 20.3 Å². The molecule has 1 amide bonds. The molecule has 1 aliphatic rings. The number of aromatic nitrogens is 1. The Labute approximate surface area is 195 Å². The van der Waals surface area contributed by atoms with Gasteiger partial charge in [0.15, 0.2) is 0 Å². The molecule has 0 saturated carbocycles. The van der Waals surface area contributed by atoms with Crippen molar-refractivity contribution >= 4 is 22.8 Å². The van der Waals surface area contributed by atoms with E-state index in [1.54, 1.807) is 29.3 Å². The van der Waals surface area contributed by atoms with E-state index in [0.29, 0.717) is 36.3 Å². The minimum Gasteiger partial charge on any atom is -0.496 e. The van der Waals surface area contributed by atoms with Gasteiger partial charge in [0.1, 0.15) is 12.4 Å². The van der Waals surface area contributed by atoms with Crippen LogP contribution < -0.4 is 4.74 Å². The highest BCUT2D eigenvalue weighted by Gasteiger charge is 2.36. The Balaban J connectivity index is 1.72. The fourth-order valence-corrected chi connectivity index (χ4v) is 4.60. The maximum Gasteiger partial charge on any atom is 0.335 e. The van der Waals surface area contributed by atoms with Gasteiger partial charge in [-0.2, -0.15) is 0 Å². The summed E-state index contributed by atoms with van der Waals surface area (Å²) < 4.78 is 36.4. The third-order valence-corrected chi connectivity index (χ3v) is 6.25. The second-order valence-corrected chi connectivity index (χ2v) is 8.35. The third-order valence-electron chi connectivity index (χ3n) is 6.25. The molecule has 1 aromatic heterocycles. The monoisotopic (exact) mass is 472 g/mol. The van der Waals surface area contributed by atoms with Crippen LogP contribution in [0, 0.1) is 6.92 Å². The highest BCUT2D eigenvalue weighted by molar-refractivity contribution is 6.09. The highest BCUT2D eigenvalue weighted by Crippen LogP contribution is 2.38. The minimum absolute atomic E-state index is 0.122. The summed E-state index contributed by atoms with van der Waals surface area (Å²) in [5, 5.41) is 9.96. The first-order valence-electron chi connectivity index (χ1n) is 11.0. The number of aromatic amines is 1. The zero-order valence-electron chi connectivity index (χ0n) is 18.9. The number of fused-ring (bicyclic) bond motifs is 1. The molecule has 34 heavy (non-hydrogen) atoms. The number of carboxylic acid groups (broad SMARTS) is 1. The fourth-order valence-electron chi connectivity index (χ4n) is 4.60. The summed E-state index contributed by atoms with van der Waals surface area (Å²) in [4.78, 5) is 30.0. The van der Waals surface area contributed by atoms with Crippen LogP contribution in [-0.2, 0) is 4.74 Å². The number of aryl methyl sites for hydroxylation is 1. The number of amides is 1. The van der Waals surface area contributed by atoms with E-state index in [4.69, 9.17) is 9.47 Å². The van der Waals surface area contributed by atoms with Crippen molar-refractivity contribution in [1.82, 2.24) is 9.88 Å². The number of nitrogens with zero attached hydrogens (tertiary/aromatic N) is 1. The Morgan fingerprint density at radius 2 is 1.97 bits per heavy atom. The number of halogens is 2. The molecule has 1 fully saturated rings. The predicted molar refractivity (Wildman–Crippen MR) is 122 cm³/mol. The normalized spacial score (nSPS) is 18.4. The van der Waals surface area contributed by atoms with Crippen molar-refractivity contribution in [2.24, 2.45) is 0 Å². The Hall–Kier alpha value is -3.46. The number of ether oxygens (including phenoxy) is 2. The van der Waals surface area contributed by atoms with Gasteiger partial charge in [-0.15, -0.1) is 0 Å². The number of rotatable bonds is 7. The zero-order valence-corrected chi connectivity index (χ0v) is 18.9. The average molecular weight is 472 g/mol. The van der Waals surface area contributed by atoms with Gasteiger partial charge in [0.2, 0.25) is 0 Å². The van der Waals surface area contributed by atoms with Crippen LogP contribution in [0.1, 0.15) is 50.7 Å². The van der Waals surface area contributed by atoms with Crippen LogP contribution in [0.15, 0.2) is 42.6 Å². The molecule has 1 saturated heterocycles. The molecule has 0 radical (unpaired) electrons. The minimum atomic E-state index is -2.58. The lowest BCUT2D eigenvalue weighted by atomic mass is 9.91. The van der Waals surface area contributed by atoms with Gasteiger partial charge in [-0.1, -0.05) is 12.1 Å². The number of methoxy groups -OCH3 is 1. The molecule has 2 aromatic carbocycles. The number of carboxylic acids is 1. The lowest BCUT2D eigenvalue weighted by Gasteiger charge is -2.40. The largest absolute Gasteiger partial charge is 0.496 e. The summed E-state index contributed by atoms with van der Waals surface area (Å²) in [6.45, 7) is 1.55. The Morgan fingerprint density at radius 1 is 1.24 bits per heavy atom. The molecule has 9 heteroatoms. The first-order chi connectivity index (χ1) is 16.3. The number of hydrogen-bond donors (Lipinski definition) is 2. The molecule has 2 heterocycles. The molecule has 0 bridgehead atoms. The zero-order chi connectivity index (χ0) is 24.4.